The Labute approximate surface area is 134 Å². The average Bonchev–Trinajstić information content (AvgIpc) is 3.11. The maximum atomic E-state index is 6.56. The Kier molecular flexibility index (Phi) is 3.37. The first kappa shape index (κ1) is 14.4. The maximum absolute atomic E-state index is 6.56. The number of likely N-dealkylation sites (tertiary alicyclic amines) is 1. The topological polar surface area (TPSA) is 24.5 Å². The van der Waals surface area contributed by atoms with E-state index in [1.165, 1.54) is 66.0 Å². The lowest BCUT2D eigenvalue weighted by molar-refractivity contribution is 0.0549. The number of hydrogen-bond acceptors (Lipinski definition) is 3. The van der Waals surface area contributed by atoms with Crippen LogP contribution < -0.4 is 10.1 Å². The highest BCUT2D eigenvalue weighted by atomic mass is 16.5. The van der Waals surface area contributed by atoms with Crippen molar-refractivity contribution >= 4 is 5.69 Å². The van der Waals surface area contributed by atoms with Gasteiger partial charge in [0.15, 0.2) is 0 Å². The van der Waals surface area contributed by atoms with Crippen molar-refractivity contribution in [3.8, 4) is 5.75 Å². The van der Waals surface area contributed by atoms with Crippen LogP contribution in [0.1, 0.15) is 48.4 Å². The van der Waals surface area contributed by atoms with Crippen LogP contribution in [0.3, 0.4) is 0 Å². The molecule has 0 aromatic heterocycles. The largest absolute Gasteiger partial charge is 0.485 e. The Hall–Kier alpha value is -1.22. The Morgan fingerprint density at radius 2 is 1.86 bits per heavy atom. The van der Waals surface area contributed by atoms with E-state index in [-0.39, 0.29) is 5.60 Å². The van der Waals surface area contributed by atoms with Crippen LogP contribution in [0.5, 0.6) is 5.75 Å². The van der Waals surface area contributed by atoms with E-state index in [2.05, 4.69) is 31.0 Å². The first-order valence-corrected chi connectivity index (χ1v) is 8.87. The molecule has 0 spiro atoms. The summed E-state index contributed by atoms with van der Waals surface area (Å²) in [5, 5.41) is 3.58. The summed E-state index contributed by atoms with van der Waals surface area (Å²) in [6.07, 6.45) is 6.28. The fourth-order valence-electron chi connectivity index (χ4n) is 4.65. The molecule has 22 heavy (non-hydrogen) atoms. The SMILES string of the molecule is Cc1c2c(c(C)c3c1NCC3)OC(C)(CN1CCCCC1)C2. The van der Waals surface area contributed by atoms with Crippen molar-refractivity contribution in [2.45, 2.75) is 58.5 Å². The number of fused-ring (bicyclic) bond motifs is 2. The molecule has 4 rings (SSSR count). The van der Waals surface area contributed by atoms with Gasteiger partial charge in [-0.3, -0.25) is 4.90 Å². The lowest BCUT2D eigenvalue weighted by Crippen LogP contribution is -2.46. The zero-order valence-corrected chi connectivity index (χ0v) is 14.2. The molecule has 120 valence electrons. The highest BCUT2D eigenvalue weighted by Gasteiger charge is 2.40. The molecule has 3 nitrogen and oxygen atoms in total. The molecule has 3 aliphatic heterocycles. The second-order valence-electron chi connectivity index (χ2n) is 7.65. The second-order valence-corrected chi connectivity index (χ2v) is 7.65. The van der Waals surface area contributed by atoms with E-state index in [9.17, 15) is 0 Å². The Morgan fingerprint density at radius 3 is 2.64 bits per heavy atom. The lowest BCUT2D eigenvalue weighted by atomic mass is 9.91. The maximum Gasteiger partial charge on any atom is 0.127 e. The predicted molar refractivity (Wildman–Crippen MR) is 91.1 cm³/mol. The molecule has 0 bridgehead atoms. The van der Waals surface area contributed by atoms with Gasteiger partial charge in [0.1, 0.15) is 11.4 Å². The van der Waals surface area contributed by atoms with Gasteiger partial charge >= 0.3 is 0 Å². The van der Waals surface area contributed by atoms with Crippen LogP contribution in [0.2, 0.25) is 0 Å². The molecular formula is C19H28N2O. The number of nitrogens with one attached hydrogen (secondary N) is 1. The summed E-state index contributed by atoms with van der Waals surface area (Å²) in [7, 11) is 0. The molecular weight excluding hydrogens is 272 g/mol. The first-order valence-electron chi connectivity index (χ1n) is 8.87. The monoisotopic (exact) mass is 300 g/mol. The van der Waals surface area contributed by atoms with Crippen LogP contribution in [0.25, 0.3) is 0 Å². The van der Waals surface area contributed by atoms with Gasteiger partial charge in [-0.1, -0.05) is 6.42 Å². The number of anilines is 1. The molecule has 0 radical (unpaired) electrons. The van der Waals surface area contributed by atoms with E-state index in [1.54, 1.807) is 0 Å². The zero-order chi connectivity index (χ0) is 15.3. The molecule has 1 saturated heterocycles. The predicted octanol–water partition coefficient (Wildman–Crippen LogP) is 3.45. The number of benzene rings is 1. The van der Waals surface area contributed by atoms with E-state index in [4.69, 9.17) is 4.74 Å². The summed E-state index contributed by atoms with van der Waals surface area (Å²) in [6.45, 7) is 11.4. The van der Waals surface area contributed by atoms with Crippen LogP contribution >= 0.6 is 0 Å². The molecule has 3 aliphatic rings. The number of hydrogen-bond donors (Lipinski definition) is 1. The summed E-state index contributed by atoms with van der Waals surface area (Å²) < 4.78 is 6.56. The molecule has 0 amide bonds. The van der Waals surface area contributed by atoms with Crippen molar-refractivity contribution in [2.24, 2.45) is 0 Å². The van der Waals surface area contributed by atoms with Gasteiger partial charge in [0.25, 0.3) is 0 Å². The molecule has 1 atom stereocenters. The summed E-state index contributed by atoms with van der Waals surface area (Å²) >= 11 is 0. The molecule has 1 fully saturated rings. The third-order valence-electron chi connectivity index (χ3n) is 5.78. The van der Waals surface area contributed by atoms with Gasteiger partial charge in [-0.05, 0) is 69.8 Å². The van der Waals surface area contributed by atoms with Crippen LogP contribution in [-0.2, 0) is 12.8 Å². The van der Waals surface area contributed by atoms with E-state index in [0.29, 0.717) is 0 Å². The quantitative estimate of drug-likeness (QED) is 0.905. The smallest absolute Gasteiger partial charge is 0.127 e. The second kappa shape index (κ2) is 5.16. The van der Waals surface area contributed by atoms with Gasteiger partial charge in [0.05, 0.1) is 0 Å². The number of nitrogens with zero attached hydrogens (tertiary/aromatic N) is 1. The fraction of sp³-hybridized carbons (Fsp3) is 0.684. The molecule has 1 aromatic carbocycles. The minimum absolute atomic E-state index is 0.0513. The average molecular weight is 300 g/mol. The molecule has 3 heterocycles. The highest BCUT2D eigenvalue weighted by Crippen LogP contribution is 2.46. The highest BCUT2D eigenvalue weighted by molar-refractivity contribution is 5.71. The Bertz CT molecular complexity index is 563. The van der Waals surface area contributed by atoms with E-state index in [1.807, 2.05) is 0 Å². The first-order chi connectivity index (χ1) is 10.6. The summed E-state index contributed by atoms with van der Waals surface area (Å²) in [5.74, 6) is 1.19. The van der Waals surface area contributed by atoms with Crippen LogP contribution in [0.4, 0.5) is 5.69 Å². The molecule has 1 aromatic rings. The minimum Gasteiger partial charge on any atom is -0.485 e. The van der Waals surface area contributed by atoms with E-state index >= 15 is 0 Å². The number of ether oxygens (including phenoxy) is 1. The van der Waals surface area contributed by atoms with Gasteiger partial charge in [0.2, 0.25) is 0 Å². The summed E-state index contributed by atoms with van der Waals surface area (Å²) in [5.41, 5.74) is 7.08. The van der Waals surface area contributed by atoms with Crippen LogP contribution in [0.15, 0.2) is 0 Å². The van der Waals surface area contributed by atoms with E-state index < -0.39 is 0 Å². The van der Waals surface area contributed by atoms with Gasteiger partial charge in [-0.25, -0.2) is 0 Å². The lowest BCUT2D eigenvalue weighted by Gasteiger charge is -2.34. The Morgan fingerprint density at radius 1 is 1.09 bits per heavy atom. The third-order valence-corrected chi connectivity index (χ3v) is 5.78. The van der Waals surface area contributed by atoms with Crippen LogP contribution in [0, 0.1) is 13.8 Å². The summed E-state index contributed by atoms with van der Waals surface area (Å²) in [6, 6.07) is 0. The molecule has 1 N–H and O–H groups in total. The number of rotatable bonds is 2. The Balaban J connectivity index is 1.62. The summed E-state index contributed by atoms with van der Waals surface area (Å²) in [4.78, 5) is 2.60. The van der Waals surface area contributed by atoms with Crippen molar-refractivity contribution < 1.29 is 4.74 Å². The fourth-order valence-corrected chi connectivity index (χ4v) is 4.65. The van der Waals surface area contributed by atoms with Crippen molar-refractivity contribution in [2.75, 3.05) is 31.5 Å². The standard InChI is InChI=1S/C19H28N2O/c1-13-16-11-19(3,12-21-9-5-4-6-10-21)22-18(16)14(2)15-7-8-20-17(13)15/h20H,4-12H2,1-3H3. The molecule has 3 heteroatoms. The van der Waals surface area contributed by atoms with Crippen molar-refractivity contribution in [3.63, 3.8) is 0 Å². The normalized spacial score (nSPS) is 27.2. The van der Waals surface area contributed by atoms with Gasteiger partial charge < -0.3 is 10.1 Å². The van der Waals surface area contributed by atoms with Crippen molar-refractivity contribution in [1.29, 1.82) is 0 Å². The van der Waals surface area contributed by atoms with Gasteiger partial charge in [0, 0.05) is 30.8 Å². The van der Waals surface area contributed by atoms with E-state index in [0.717, 1.165) is 25.9 Å². The molecule has 0 aliphatic carbocycles. The molecule has 1 unspecified atom stereocenters. The minimum atomic E-state index is -0.0513. The number of piperidine rings is 1. The molecule has 0 saturated carbocycles. The van der Waals surface area contributed by atoms with Crippen LogP contribution in [-0.4, -0.2) is 36.7 Å². The third kappa shape index (κ3) is 2.21. The van der Waals surface area contributed by atoms with Crippen molar-refractivity contribution in [1.82, 2.24) is 4.90 Å². The van der Waals surface area contributed by atoms with Crippen molar-refractivity contribution in [3.05, 3.63) is 22.3 Å². The van der Waals surface area contributed by atoms with Gasteiger partial charge in [-0.2, -0.15) is 0 Å². The van der Waals surface area contributed by atoms with Gasteiger partial charge in [-0.15, -0.1) is 0 Å². The zero-order valence-electron chi connectivity index (χ0n) is 14.2.